The molecule has 1 aromatic rings. The summed E-state index contributed by atoms with van der Waals surface area (Å²) in [6, 6.07) is 3.79. The first kappa shape index (κ1) is 14.4. The summed E-state index contributed by atoms with van der Waals surface area (Å²) < 4.78 is 26.1. The van der Waals surface area contributed by atoms with Crippen molar-refractivity contribution in [3.8, 4) is 0 Å². The molecule has 2 rings (SSSR count). The summed E-state index contributed by atoms with van der Waals surface area (Å²) >= 11 is 0. The van der Waals surface area contributed by atoms with E-state index in [1.165, 1.54) is 31.4 Å². The lowest BCUT2D eigenvalue weighted by Gasteiger charge is -2.22. The van der Waals surface area contributed by atoms with Gasteiger partial charge in [0.2, 0.25) is 0 Å². The Hall–Kier alpha value is -1.00. The van der Waals surface area contributed by atoms with E-state index >= 15 is 0 Å². The van der Waals surface area contributed by atoms with Crippen LogP contribution >= 0.6 is 0 Å². The van der Waals surface area contributed by atoms with Gasteiger partial charge in [0.25, 0.3) is 0 Å². The molecule has 19 heavy (non-hydrogen) atoms. The topological polar surface area (TPSA) is 24.1 Å². The first-order valence-corrected chi connectivity index (χ1v) is 7.11. The molecular weight excluding hydrogens is 246 g/mol. The first-order chi connectivity index (χ1) is 9.25. The number of hydrogen-bond donors (Lipinski definition) is 2. The van der Waals surface area contributed by atoms with Crippen LogP contribution in [0.2, 0.25) is 0 Å². The predicted molar refractivity (Wildman–Crippen MR) is 73.1 cm³/mol. The Labute approximate surface area is 113 Å². The highest BCUT2D eigenvalue weighted by atomic mass is 19.1. The minimum Gasteiger partial charge on any atom is -0.317 e. The maximum Gasteiger partial charge on any atom is 0.129 e. The van der Waals surface area contributed by atoms with E-state index in [0.717, 1.165) is 38.2 Å². The molecule has 0 aromatic heterocycles. The fraction of sp³-hybridized carbons (Fsp3) is 0.600. The molecule has 0 radical (unpaired) electrons. The molecule has 1 heterocycles. The van der Waals surface area contributed by atoms with E-state index in [4.69, 9.17) is 0 Å². The van der Waals surface area contributed by atoms with Crippen molar-refractivity contribution in [1.82, 2.24) is 10.6 Å². The van der Waals surface area contributed by atoms with Crippen molar-refractivity contribution < 1.29 is 8.78 Å². The second-order valence-electron chi connectivity index (χ2n) is 5.22. The summed E-state index contributed by atoms with van der Waals surface area (Å²) in [4.78, 5) is 0. The van der Waals surface area contributed by atoms with Gasteiger partial charge in [-0.15, -0.1) is 0 Å². The third kappa shape index (κ3) is 4.88. The van der Waals surface area contributed by atoms with Gasteiger partial charge in [-0.25, -0.2) is 8.78 Å². The van der Waals surface area contributed by atoms with Gasteiger partial charge in [0.15, 0.2) is 0 Å². The molecule has 0 aliphatic carbocycles. The summed E-state index contributed by atoms with van der Waals surface area (Å²) in [7, 11) is 0. The van der Waals surface area contributed by atoms with Gasteiger partial charge in [-0.1, -0.05) is 6.07 Å². The summed E-state index contributed by atoms with van der Waals surface area (Å²) in [6.07, 6.45) is 4.31. The fourth-order valence-electron chi connectivity index (χ4n) is 2.55. The quantitative estimate of drug-likeness (QED) is 0.775. The Bertz CT molecular complexity index is 390. The van der Waals surface area contributed by atoms with E-state index in [-0.39, 0.29) is 0 Å². The molecule has 0 bridgehead atoms. The molecule has 1 fully saturated rings. The van der Waals surface area contributed by atoms with Crippen molar-refractivity contribution in [3.05, 3.63) is 35.4 Å². The minimum atomic E-state index is -0.514. The molecule has 4 heteroatoms. The van der Waals surface area contributed by atoms with Gasteiger partial charge in [-0.3, -0.25) is 0 Å². The summed E-state index contributed by atoms with van der Waals surface area (Å²) in [6.45, 7) is 3.98. The second kappa shape index (κ2) is 7.56. The fourth-order valence-corrected chi connectivity index (χ4v) is 2.55. The van der Waals surface area contributed by atoms with Crippen molar-refractivity contribution in [2.45, 2.75) is 25.7 Å². The van der Waals surface area contributed by atoms with Gasteiger partial charge >= 0.3 is 0 Å². The third-order valence-corrected chi connectivity index (χ3v) is 3.77. The molecule has 106 valence electrons. The molecule has 0 atom stereocenters. The second-order valence-corrected chi connectivity index (χ2v) is 5.22. The SMILES string of the molecule is Fc1ccc(CCNCCC2CCNCC2)c(F)c1. The number of benzene rings is 1. The van der Waals surface area contributed by atoms with Gasteiger partial charge in [0.1, 0.15) is 11.6 Å². The lowest BCUT2D eigenvalue weighted by Crippen LogP contribution is -2.30. The van der Waals surface area contributed by atoms with E-state index in [0.29, 0.717) is 12.0 Å². The molecule has 0 saturated carbocycles. The highest BCUT2D eigenvalue weighted by Crippen LogP contribution is 2.14. The monoisotopic (exact) mass is 268 g/mol. The first-order valence-electron chi connectivity index (χ1n) is 7.11. The average Bonchev–Trinajstić information content (AvgIpc) is 2.42. The number of nitrogens with one attached hydrogen (secondary N) is 2. The highest BCUT2D eigenvalue weighted by molar-refractivity contribution is 5.18. The normalized spacial score (nSPS) is 16.7. The summed E-state index contributed by atoms with van der Waals surface area (Å²) in [5.41, 5.74) is 0.579. The molecule has 2 nitrogen and oxygen atoms in total. The Morgan fingerprint density at radius 2 is 1.95 bits per heavy atom. The molecule has 0 unspecified atom stereocenters. The van der Waals surface area contributed by atoms with Crippen LogP contribution in [0.3, 0.4) is 0 Å². The van der Waals surface area contributed by atoms with Crippen LogP contribution in [0.1, 0.15) is 24.8 Å². The van der Waals surface area contributed by atoms with Crippen LogP contribution in [-0.2, 0) is 6.42 Å². The number of halogens is 2. The van der Waals surface area contributed by atoms with Crippen LogP contribution < -0.4 is 10.6 Å². The lowest BCUT2D eigenvalue weighted by molar-refractivity contribution is 0.348. The van der Waals surface area contributed by atoms with Crippen LogP contribution in [0, 0.1) is 17.6 Å². The summed E-state index contributed by atoms with van der Waals surface area (Å²) in [5.74, 6) is -0.142. The highest BCUT2D eigenvalue weighted by Gasteiger charge is 2.11. The van der Waals surface area contributed by atoms with Gasteiger partial charge in [-0.2, -0.15) is 0 Å². The molecule has 0 amide bonds. The molecule has 1 aliphatic heterocycles. The zero-order chi connectivity index (χ0) is 13.5. The maximum atomic E-state index is 13.4. The molecule has 0 spiro atoms. The minimum absolute atomic E-state index is 0.444. The van der Waals surface area contributed by atoms with Gasteiger partial charge < -0.3 is 10.6 Å². The van der Waals surface area contributed by atoms with Crippen molar-refractivity contribution in [2.75, 3.05) is 26.2 Å². The molecule has 1 aromatic carbocycles. The average molecular weight is 268 g/mol. The van der Waals surface area contributed by atoms with Crippen molar-refractivity contribution in [1.29, 1.82) is 0 Å². The standard InChI is InChI=1S/C15H22F2N2/c16-14-2-1-13(15(17)11-14)6-10-19-9-5-12-3-7-18-8-4-12/h1-2,11-12,18-19H,3-10H2. The van der Waals surface area contributed by atoms with E-state index < -0.39 is 11.6 Å². The molecule has 1 saturated heterocycles. The van der Waals surface area contributed by atoms with E-state index in [9.17, 15) is 8.78 Å². The largest absolute Gasteiger partial charge is 0.317 e. The molecule has 2 N–H and O–H groups in total. The number of hydrogen-bond acceptors (Lipinski definition) is 2. The van der Waals surface area contributed by atoms with E-state index in [1.54, 1.807) is 0 Å². The van der Waals surface area contributed by atoms with Crippen molar-refractivity contribution in [3.63, 3.8) is 0 Å². The van der Waals surface area contributed by atoms with Crippen molar-refractivity contribution >= 4 is 0 Å². The van der Waals surface area contributed by atoms with Gasteiger partial charge in [-0.05, 0) is 69.4 Å². The van der Waals surface area contributed by atoms with Crippen LogP contribution in [-0.4, -0.2) is 26.2 Å². The number of rotatable bonds is 6. The molecule has 1 aliphatic rings. The van der Waals surface area contributed by atoms with Gasteiger partial charge in [0.05, 0.1) is 0 Å². The third-order valence-electron chi connectivity index (χ3n) is 3.77. The van der Waals surface area contributed by atoms with E-state index in [2.05, 4.69) is 10.6 Å². The van der Waals surface area contributed by atoms with Crippen LogP contribution in [0.5, 0.6) is 0 Å². The van der Waals surface area contributed by atoms with Gasteiger partial charge in [0, 0.05) is 6.07 Å². The predicted octanol–water partition coefficient (Wildman–Crippen LogP) is 2.49. The Morgan fingerprint density at radius 1 is 1.16 bits per heavy atom. The van der Waals surface area contributed by atoms with Crippen molar-refractivity contribution in [2.24, 2.45) is 5.92 Å². The van der Waals surface area contributed by atoms with Crippen LogP contribution in [0.4, 0.5) is 8.78 Å². The van der Waals surface area contributed by atoms with Crippen LogP contribution in [0.15, 0.2) is 18.2 Å². The zero-order valence-corrected chi connectivity index (χ0v) is 11.2. The Morgan fingerprint density at radius 3 is 2.68 bits per heavy atom. The zero-order valence-electron chi connectivity index (χ0n) is 11.2. The molecular formula is C15H22F2N2. The maximum absolute atomic E-state index is 13.4. The van der Waals surface area contributed by atoms with E-state index in [1.807, 2.05) is 0 Å². The lowest BCUT2D eigenvalue weighted by atomic mass is 9.95. The van der Waals surface area contributed by atoms with Crippen LogP contribution in [0.25, 0.3) is 0 Å². The smallest absolute Gasteiger partial charge is 0.129 e. The Kier molecular flexibility index (Phi) is 5.73. The number of piperidine rings is 1. The Balaban J connectivity index is 1.61. The summed E-state index contributed by atoms with van der Waals surface area (Å²) in [5, 5.41) is 6.70.